The first-order valence-corrected chi connectivity index (χ1v) is 6.63. The third-order valence-corrected chi connectivity index (χ3v) is 3.21. The molecule has 3 rings (SSSR count). The number of rotatable bonds is 4. The summed E-state index contributed by atoms with van der Waals surface area (Å²) in [4.78, 5) is 6.68. The Morgan fingerprint density at radius 2 is 2.16 bits per heavy atom. The molecule has 1 saturated heterocycles. The lowest BCUT2D eigenvalue weighted by Crippen LogP contribution is -2.31. The second-order valence-electron chi connectivity index (χ2n) is 4.62. The van der Waals surface area contributed by atoms with Gasteiger partial charge in [-0.3, -0.25) is 0 Å². The van der Waals surface area contributed by atoms with E-state index in [2.05, 4.69) is 25.4 Å². The van der Waals surface area contributed by atoms with E-state index in [1.807, 2.05) is 12.1 Å². The van der Waals surface area contributed by atoms with Gasteiger partial charge in [0.1, 0.15) is 5.76 Å². The minimum Gasteiger partial charge on any atom is -0.467 e. The summed E-state index contributed by atoms with van der Waals surface area (Å²) in [6.45, 7) is 2.64. The van der Waals surface area contributed by atoms with Gasteiger partial charge in [0.25, 0.3) is 0 Å². The van der Waals surface area contributed by atoms with Crippen molar-refractivity contribution in [1.82, 2.24) is 15.2 Å². The molecule has 1 N–H and O–H groups in total. The molecule has 2 aromatic rings. The van der Waals surface area contributed by atoms with E-state index in [1.54, 1.807) is 12.5 Å². The Hall–Kier alpha value is -2.11. The molecule has 0 aliphatic carbocycles. The molecule has 0 unspecified atom stereocenters. The first kappa shape index (κ1) is 12.0. The van der Waals surface area contributed by atoms with Crippen LogP contribution in [0.2, 0.25) is 0 Å². The second-order valence-corrected chi connectivity index (χ2v) is 4.62. The van der Waals surface area contributed by atoms with Crippen molar-refractivity contribution in [3.05, 3.63) is 30.4 Å². The van der Waals surface area contributed by atoms with Crippen LogP contribution in [0.5, 0.6) is 0 Å². The molecule has 0 aromatic carbocycles. The van der Waals surface area contributed by atoms with E-state index >= 15 is 0 Å². The summed E-state index contributed by atoms with van der Waals surface area (Å²) in [5.41, 5.74) is 0. The predicted octanol–water partition coefficient (Wildman–Crippen LogP) is 2.07. The van der Waals surface area contributed by atoms with Crippen LogP contribution in [0.1, 0.15) is 25.0 Å². The van der Waals surface area contributed by atoms with Crippen LogP contribution in [0.25, 0.3) is 0 Å². The third kappa shape index (κ3) is 3.01. The van der Waals surface area contributed by atoms with E-state index in [4.69, 9.17) is 4.42 Å². The monoisotopic (exact) mass is 259 g/mol. The molecule has 1 aliphatic rings. The number of nitrogens with zero attached hydrogens (tertiary/aromatic N) is 4. The zero-order valence-corrected chi connectivity index (χ0v) is 10.7. The Bertz CT molecular complexity index is 508. The Labute approximate surface area is 111 Å². The van der Waals surface area contributed by atoms with Gasteiger partial charge < -0.3 is 14.6 Å². The Morgan fingerprint density at radius 3 is 2.95 bits per heavy atom. The van der Waals surface area contributed by atoms with Crippen LogP contribution in [-0.2, 0) is 6.54 Å². The van der Waals surface area contributed by atoms with Gasteiger partial charge in [-0.2, -0.15) is 10.1 Å². The smallest absolute Gasteiger partial charge is 0.247 e. The summed E-state index contributed by atoms with van der Waals surface area (Å²) >= 11 is 0. The van der Waals surface area contributed by atoms with Crippen molar-refractivity contribution < 1.29 is 4.42 Å². The Kier molecular flexibility index (Phi) is 3.58. The fourth-order valence-corrected chi connectivity index (χ4v) is 2.20. The molecule has 1 aliphatic heterocycles. The molecule has 1 fully saturated rings. The molecule has 0 spiro atoms. The van der Waals surface area contributed by atoms with Gasteiger partial charge >= 0.3 is 0 Å². The fourth-order valence-electron chi connectivity index (χ4n) is 2.20. The van der Waals surface area contributed by atoms with Crippen LogP contribution in [0, 0.1) is 0 Å². The lowest BCUT2D eigenvalue weighted by atomic mass is 10.1. The van der Waals surface area contributed by atoms with E-state index < -0.39 is 0 Å². The molecule has 19 heavy (non-hydrogen) atoms. The van der Waals surface area contributed by atoms with Gasteiger partial charge in [0, 0.05) is 13.1 Å². The fraction of sp³-hybridized carbons (Fsp3) is 0.462. The molecule has 6 heteroatoms. The summed E-state index contributed by atoms with van der Waals surface area (Å²) in [5.74, 6) is 2.31. The van der Waals surface area contributed by atoms with Crippen molar-refractivity contribution in [2.45, 2.75) is 25.8 Å². The lowest BCUT2D eigenvalue weighted by molar-refractivity contribution is 0.517. The normalized spacial score (nSPS) is 15.5. The number of hydrogen-bond donors (Lipinski definition) is 1. The third-order valence-electron chi connectivity index (χ3n) is 3.21. The molecule has 0 bridgehead atoms. The van der Waals surface area contributed by atoms with Crippen LogP contribution in [-0.4, -0.2) is 28.3 Å². The van der Waals surface area contributed by atoms with Gasteiger partial charge in [-0.25, -0.2) is 0 Å². The zero-order valence-electron chi connectivity index (χ0n) is 10.7. The molecule has 0 amide bonds. The predicted molar refractivity (Wildman–Crippen MR) is 71.9 cm³/mol. The van der Waals surface area contributed by atoms with Crippen molar-refractivity contribution >= 4 is 11.8 Å². The topological polar surface area (TPSA) is 67.1 Å². The molecular formula is C13H17N5O. The van der Waals surface area contributed by atoms with E-state index in [-0.39, 0.29) is 0 Å². The molecule has 0 saturated carbocycles. The summed E-state index contributed by atoms with van der Waals surface area (Å²) in [6, 6.07) is 3.79. The largest absolute Gasteiger partial charge is 0.467 e. The van der Waals surface area contributed by atoms with E-state index in [0.717, 1.165) is 24.7 Å². The van der Waals surface area contributed by atoms with E-state index in [0.29, 0.717) is 12.5 Å². The van der Waals surface area contributed by atoms with Gasteiger partial charge in [0.2, 0.25) is 5.95 Å². The number of nitrogens with one attached hydrogen (secondary N) is 1. The van der Waals surface area contributed by atoms with Crippen LogP contribution in [0.3, 0.4) is 0 Å². The maximum atomic E-state index is 5.27. The molecule has 100 valence electrons. The maximum absolute atomic E-state index is 5.27. The van der Waals surface area contributed by atoms with Gasteiger partial charge in [-0.1, -0.05) is 0 Å². The van der Waals surface area contributed by atoms with Crippen molar-refractivity contribution in [2.75, 3.05) is 23.3 Å². The minimum absolute atomic E-state index is 0.602. The highest BCUT2D eigenvalue weighted by atomic mass is 16.3. The van der Waals surface area contributed by atoms with Crippen molar-refractivity contribution in [3.8, 4) is 0 Å². The maximum Gasteiger partial charge on any atom is 0.247 e. The van der Waals surface area contributed by atoms with Crippen LogP contribution >= 0.6 is 0 Å². The standard InChI is InChI=1S/C13H17N5O/c1-2-6-18(7-3-1)13-16-12(10-15-17-13)14-9-11-5-4-8-19-11/h4-5,8,10H,1-3,6-7,9H2,(H,14,16,17). The zero-order chi connectivity index (χ0) is 12.9. The lowest BCUT2D eigenvalue weighted by Gasteiger charge is -2.26. The second kappa shape index (κ2) is 5.69. The van der Waals surface area contributed by atoms with E-state index in [1.165, 1.54) is 19.3 Å². The SMILES string of the molecule is c1coc(CNc2cnnc(N3CCCCC3)n2)c1. The first-order valence-electron chi connectivity index (χ1n) is 6.63. The molecule has 6 nitrogen and oxygen atoms in total. The number of piperidine rings is 1. The Balaban J connectivity index is 1.65. The molecule has 0 radical (unpaired) electrons. The molecule has 0 atom stereocenters. The summed E-state index contributed by atoms with van der Waals surface area (Å²) in [6.07, 6.45) is 6.99. The highest BCUT2D eigenvalue weighted by molar-refractivity contribution is 5.39. The average molecular weight is 259 g/mol. The number of aromatic nitrogens is 3. The van der Waals surface area contributed by atoms with Crippen molar-refractivity contribution in [3.63, 3.8) is 0 Å². The van der Waals surface area contributed by atoms with Gasteiger partial charge in [-0.05, 0) is 31.4 Å². The molecule has 3 heterocycles. The van der Waals surface area contributed by atoms with Gasteiger partial charge in [0.15, 0.2) is 5.82 Å². The van der Waals surface area contributed by atoms with Crippen LogP contribution in [0.4, 0.5) is 11.8 Å². The number of furan rings is 1. The average Bonchev–Trinajstić information content (AvgIpc) is 3.00. The highest BCUT2D eigenvalue weighted by Gasteiger charge is 2.14. The Morgan fingerprint density at radius 1 is 1.26 bits per heavy atom. The first-order chi connectivity index (χ1) is 9.42. The summed E-state index contributed by atoms with van der Waals surface area (Å²) in [7, 11) is 0. The number of anilines is 2. The van der Waals surface area contributed by atoms with Crippen LogP contribution in [0.15, 0.2) is 29.0 Å². The summed E-state index contributed by atoms with van der Waals surface area (Å²) in [5, 5.41) is 11.3. The van der Waals surface area contributed by atoms with Crippen molar-refractivity contribution in [2.24, 2.45) is 0 Å². The molecule has 2 aromatic heterocycles. The summed E-state index contributed by atoms with van der Waals surface area (Å²) < 4.78 is 5.27. The molecular weight excluding hydrogens is 242 g/mol. The van der Waals surface area contributed by atoms with E-state index in [9.17, 15) is 0 Å². The van der Waals surface area contributed by atoms with Crippen LogP contribution < -0.4 is 10.2 Å². The quantitative estimate of drug-likeness (QED) is 0.906. The minimum atomic E-state index is 0.602. The van der Waals surface area contributed by atoms with Gasteiger partial charge in [-0.15, -0.1) is 5.10 Å². The highest BCUT2D eigenvalue weighted by Crippen LogP contribution is 2.16. The number of hydrogen-bond acceptors (Lipinski definition) is 6. The van der Waals surface area contributed by atoms with Crippen molar-refractivity contribution in [1.29, 1.82) is 0 Å². The van der Waals surface area contributed by atoms with Gasteiger partial charge in [0.05, 0.1) is 19.0 Å².